The Bertz CT molecular complexity index is 565. The summed E-state index contributed by atoms with van der Waals surface area (Å²) in [6.07, 6.45) is 1.76. The number of aromatic nitrogens is 1. The van der Waals surface area contributed by atoms with Gasteiger partial charge in [-0.1, -0.05) is 23.2 Å². The van der Waals surface area contributed by atoms with E-state index in [0.717, 1.165) is 0 Å². The average molecular weight is 325 g/mol. The van der Waals surface area contributed by atoms with Crippen molar-refractivity contribution in [2.45, 2.75) is 24.3 Å². The minimum absolute atomic E-state index is 0.0519. The van der Waals surface area contributed by atoms with Crippen LogP contribution in [0.1, 0.15) is 13.3 Å². The Hall–Kier alpha value is -0.400. The molecule has 1 atom stereocenters. The van der Waals surface area contributed by atoms with Crippen LogP contribution in [-0.2, 0) is 14.8 Å². The molecule has 0 bridgehead atoms. The average Bonchev–Trinajstić information content (AvgIpc) is 2.57. The first-order valence-electron chi connectivity index (χ1n) is 5.84. The molecular formula is C11H14Cl2N2O3S. The lowest BCUT2D eigenvalue weighted by atomic mass is 10.4. The fourth-order valence-corrected chi connectivity index (χ4v) is 3.73. The van der Waals surface area contributed by atoms with Gasteiger partial charge in [0.25, 0.3) is 0 Å². The van der Waals surface area contributed by atoms with Gasteiger partial charge in [-0.05, 0) is 19.4 Å². The van der Waals surface area contributed by atoms with Gasteiger partial charge in [-0.15, -0.1) is 0 Å². The van der Waals surface area contributed by atoms with Gasteiger partial charge in [0.1, 0.15) is 10.0 Å². The number of hydrogen-bond acceptors (Lipinski definition) is 4. The summed E-state index contributed by atoms with van der Waals surface area (Å²) in [5.74, 6) is 0. The van der Waals surface area contributed by atoms with Crippen LogP contribution in [0.2, 0.25) is 10.2 Å². The molecule has 19 heavy (non-hydrogen) atoms. The van der Waals surface area contributed by atoms with Gasteiger partial charge in [0.05, 0.1) is 11.1 Å². The molecule has 1 aliphatic heterocycles. The topological polar surface area (TPSA) is 59.5 Å². The molecule has 0 aliphatic carbocycles. The maximum absolute atomic E-state index is 12.5. The largest absolute Gasteiger partial charge is 0.377 e. The summed E-state index contributed by atoms with van der Waals surface area (Å²) in [6, 6.07) is 1.32. The Labute approximate surface area is 122 Å². The van der Waals surface area contributed by atoms with E-state index in [4.69, 9.17) is 27.9 Å². The summed E-state index contributed by atoms with van der Waals surface area (Å²) in [5, 5.41) is 0.218. The summed E-state index contributed by atoms with van der Waals surface area (Å²) in [4.78, 5) is 3.83. The Morgan fingerprint density at radius 2 is 2.21 bits per heavy atom. The molecule has 8 heteroatoms. The van der Waals surface area contributed by atoms with Crippen molar-refractivity contribution in [3.63, 3.8) is 0 Å². The molecule has 106 valence electrons. The van der Waals surface area contributed by atoms with Crippen molar-refractivity contribution in [2.75, 3.05) is 19.7 Å². The van der Waals surface area contributed by atoms with Gasteiger partial charge >= 0.3 is 0 Å². The monoisotopic (exact) mass is 324 g/mol. The van der Waals surface area contributed by atoms with E-state index in [1.807, 2.05) is 6.92 Å². The molecule has 0 saturated carbocycles. The van der Waals surface area contributed by atoms with E-state index in [1.165, 1.54) is 16.6 Å². The van der Waals surface area contributed by atoms with Crippen molar-refractivity contribution in [2.24, 2.45) is 0 Å². The molecule has 1 aromatic heterocycles. The molecule has 2 heterocycles. The number of pyridine rings is 1. The highest BCUT2D eigenvalue weighted by atomic mass is 35.5. The number of sulfonamides is 1. The zero-order valence-corrected chi connectivity index (χ0v) is 12.7. The molecule has 0 spiro atoms. The minimum Gasteiger partial charge on any atom is -0.377 e. The van der Waals surface area contributed by atoms with E-state index in [0.29, 0.717) is 26.1 Å². The van der Waals surface area contributed by atoms with E-state index in [1.54, 1.807) is 0 Å². The van der Waals surface area contributed by atoms with Gasteiger partial charge in [-0.2, -0.15) is 4.31 Å². The molecule has 0 amide bonds. The van der Waals surface area contributed by atoms with Gasteiger partial charge in [0, 0.05) is 25.9 Å². The second kappa shape index (κ2) is 5.93. The molecule has 0 radical (unpaired) electrons. The Kier molecular flexibility index (Phi) is 4.68. The van der Waals surface area contributed by atoms with Gasteiger partial charge in [-0.25, -0.2) is 13.4 Å². The van der Waals surface area contributed by atoms with Crippen LogP contribution in [0.5, 0.6) is 0 Å². The maximum Gasteiger partial charge on any atom is 0.244 e. The lowest BCUT2D eigenvalue weighted by Gasteiger charge is -2.21. The van der Waals surface area contributed by atoms with Crippen LogP contribution < -0.4 is 0 Å². The minimum atomic E-state index is -3.61. The molecule has 1 fully saturated rings. The third kappa shape index (κ3) is 3.38. The Morgan fingerprint density at radius 3 is 2.89 bits per heavy atom. The van der Waals surface area contributed by atoms with Crippen LogP contribution in [0, 0.1) is 0 Å². The van der Waals surface area contributed by atoms with E-state index in [-0.39, 0.29) is 21.2 Å². The molecule has 1 aliphatic rings. The van der Waals surface area contributed by atoms with E-state index >= 15 is 0 Å². The molecule has 1 aromatic rings. The lowest BCUT2D eigenvalue weighted by molar-refractivity contribution is 0.0752. The normalized spacial score (nSPS) is 22.2. The Balaban J connectivity index is 2.32. The van der Waals surface area contributed by atoms with E-state index < -0.39 is 10.0 Å². The van der Waals surface area contributed by atoms with Gasteiger partial charge in [0.2, 0.25) is 10.0 Å². The summed E-state index contributed by atoms with van der Waals surface area (Å²) < 4.78 is 31.8. The van der Waals surface area contributed by atoms with Crippen LogP contribution in [0.3, 0.4) is 0 Å². The molecule has 1 unspecified atom stereocenters. The van der Waals surface area contributed by atoms with Crippen LogP contribution in [0.15, 0.2) is 17.2 Å². The number of halogens is 2. The highest BCUT2D eigenvalue weighted by Gasteiger charge is 2.28. The van der Waals surface area contributed by atoms with Crippen molar-refractivity contribution in [3.05, 3.63) is 22.4 Å². The third-order valence-corrected chi connectivity index (χ3v) is 5.34. The van der Waals surface area contributed by atoms with Crippen molar-refractivity contribution < 1.29 is 13.2 Å². The maximum atomic E-state index is 12.5. The van der Waals surface area contributed by atoms with Crippen molar-refractivity contribution in [1.82, 2.24) is 9.29 Å². The van der Waals surface area contributed by atoms with Crippen molar-refractivity contribution >= 4 is 33.2 Å². The summed E-state index contributed by atoms with van der Waals surface area (Å²) in [6.45, 7) is 3.16. The molecular weight excluding hydrogens is 311 g/mol. The zero-order chi connectivity index (χ0) is 14.0. The molecule has 0 aromatic carbocycles. The SMILES string of the molecule is CC1CN(S(=O)(=O)c2cnc(Cl)c(Cl)c2)CCCO1. The second-order valence-electron chi connectivity index (χ2n) is 4.34. The highest BCUT2D eigenvalue weighted by Crippen LogP contribution is 2.25. The molecule has 0 N–H and O–H groups in total. The predicted molar refractivity (Wildman–Crippen MR) is 73.0 cm³/mol. The number of ether oxygens (including phenoxy) is 1. The fourth-order valence-electron chi connectivity index (χ4n) is 1.87. The quantitative estimate of drug-likeness (QED) is 0.782. The first kappa shape index (κ1) is 15.0. The number of hydrogen-bond donors (Lipinski definition) is 0. The van der Waals surface area contributed by atoms with Gasteiger partial charge in [0.15, 0.2) is 0 Å². The number of rotatable bonds is 2. The van der Waals surface area contributed by atoms with Crippen LogP contribution in [0.4, 0.5) is 0 Å². The van der Waals surface area contributed by atoms with Gasteiger partial charge < -0.3 is 4.74 Å². The third-order valence-electron chi connectivity index (χ3n) is 2.82. The molecule has 5 nitrogen and oxygen atoms in total. The Morgan fingerprint density at radius 1 is 1.47 bits per heavy atom. The summed E-state index contributed by atoms with van der Waals surface area (Å²) in [5.41, 5.74) is 0. The number of nitrogens with zero attached hydrogens (tertiary/aromatic N) is 2. The van der Waals surface area contributed by atoms with Crippen LogP contribution in [0.25, 0.3) is 0 Å². The zero-order valence-electron chi connectivity index (χ0n) is 10.3. The van der Waals surface area contributed by atoms with Crippen molar-refractivity contribution in [1.29, 1.82) is 0 Å². The van der Waals surface area contributed by atoms with Crippen molar-refractivity contribution in [3.8, 4) is 0 Å². The second-order valence-corrected chi connectivity index (χ2v) is 7.04. The first-order chi connectivity index (χ1) is 8.91. The van der Waals surface area contributed by atoms with Crippen LogP contribution >= 0.6 is 23.2 Å². The van der Waals surface area contributed by atoms with Gasteiger partial charge in [-0.3, -0.25) is 0 Å². The lowest BCUT2D eigenvalue weighted by Crippen LogP contribution is -2.36. The van der Waals surface area contributed by atoms with E-state index in [2.05, 4.69) is 4.98 Å². The van der Waals surface area contributed by atoms with Crippen LogP contribution in [-0.4, -0.2) is 43.5 Å². The smallest absolute Gasteiger partial charge is 0.244 e. The standard InChI is InChI=1S/C11H14Cl2N2O3S/c1-8-7-15(3-2-4-18-8)19(16,17)9-5-10(12)11(13)14-6-9/h5-6,8H,2-4,7H2,1H3. The van der Waals surface area contributed by atoms with E-state index in [9.17, 15) is 8.42 Å². The molecule has 1 saturated heterocycles. The predicted octanol–water partition coefficient (Wildman–Crippen LogP) is 2.19. The fraction of sp³-hybridized carbons (Fsp3) is 0.545. The first-order valence-corrected chi connectivity index (χ1v) is 8.03. The summed E-state index contributed by atoms with van der Waals surface area (Å²) in [7, 11) is -3.61. The highest BCUT2D eigenvalue weighted by molar-refractivity contribution is 7.89. The summed E-state index contributed by atoms with van der Waals surface area (Å²) >= 11 is 11.5. The molecule has 2 rings (SSSR count).